The number of fused-ring (bicyclic) bond motifs is 1. The Bertz CT molecular complexity index is 890. The van der Waals surface area contributed by atoms with Crippen LogP contribution in [0.4, 0.5) is 11.4 Å². The predicted octanol–water partition coefficient (Wildman–Crippen LogP) is 2.31. The van der Waals surface area contributed by atoms with Crippen LogP contribution in [0, 0.1) is 10.1 Å². The fraction of sp³-hybridized carbons (Fsp3) is 0.158. The Morgan fingerprint density at radius 2 is 1.88 bits per heavy atom. The summed E-state index contributed by atoms with van der Waals surface area (Å²) < 4.78 is 0. The van der Waals surface area contributed by atoms with Crippen LogP contribution in [0.5, 0.6) is 0 Å². The summed E-state index contributed by atoms with van der Waals surface area (Å²) in [4.78, 5) is 36.6. The van der Waals surface area contributed by atoms with Crippen molar-refractivity contribution in [2.24, 2.45) is 0 Å². The third-order valence-electron chi connectivity index (χ3n) is 4.28. The summed E-state index contributed by atoms with van der Waals surface area (Å²) in [6.45, 7) is 0. The van der Waals surface area contributed by atoms with Gasteiger partial charge in [-0.15, -0.1) is 0 Å². The van der Waals surface area contributed by atoms with Crippen LogP contribution in [0.15, 0.2) is 54.6 Å². The Labute approximate surface area is 150 Å². The molecule has 1 unspecified atom stereocenters. The molecule has 7 heteroatoms. The molecule has 26 heavy (non-hydrogen) atoms. The van der Waals surface area contributed by atoms with Gasteiger partial charge in [-0.1, -0.05) is 18.2 Å². The molecule has 1 N–H and O–H groups in total. The molecule has 132 valence electrons. The van der Waals surface area contributed by atoms with E-state index in [1.807, 2.05) is 24.3 Å². The minimum atomic E-state index is -0.591. The zero-order valence-corrected chi connectivity index (χ0v) is 14.1. The largest absolute Gasteiger partial charge is 0.357 e. The molecule has 2 amide bonds. The second-order valence-corrected chi connectivity index (χ2v) is 5.85. The van der Waals surface area contributed by atoms with Crippen LogP contribution in [0.2, 0.25) is 0 Å². The van der Waals surface area contributed by atoms with Gasteiger partial charge in [0.05, 0.1) is 4.92 Å². The first kappa shape index (κ1) is 17.3. The number of amides is 2. The summed E-state index contributed by atoms with van der Waals surface area (Å²) >= 11 is 0. The van der Waals surface area contributed by atoms with Gasteiger partial charge >= 0.3 is 0 Å². The van der Waals surface area contributed by atoms with Gasteiger partial charge in [0.15, 0.2) is 0 Å². The maximum Gasteiger partial charge on any atom is 0.269 e. The smallest absolute Gasteiger partial charge is 0.269 e. The number of hydrogen-bond acceptors (Lipinski definition) is 4. The highest BCUT2D eigenvalue weighted by molar-refractivity contribution is 6.09. The number of nitrogens with zero attached hydrogens (tertiary/aromatic N) is 2. The van der Waals surface area contributed by atoms with Crippen molar-refractivity contribution in [2.75, 3.05) is 11.9 Å². The quantitative estimate of drug-likeness (QED) is 0.520. The predicted molar refractivity (Wildman–Crippen MR) is 97.6 cm³/mol. The minimum absolute atomic E-state index is 0.0124. The van der Waals surface area contributed by atoms with Gasteiger partial charge in [-0.2, -0.15) is 0 Å². The maximum atomic E-state index is 12.7. The summed E-state index contributed by atoms with van der Waals surface area (Å²) in [6, 6.07) is 12.7. The first-order valence-corrected chi connectivity index (χ1v) is 8.06. The monoisotopic (exact) mass is 351 g/mol. The number of hydrogen-bond donors (Lipinski definition) is 1. The normalized spacial score (nSPS) is 15.7. The lowest BCUT2D eigenvalue weighted by Gasteiger charge is -2.23. The van der Waals surface area contributed by atoms with Gasteiger partial charge in [-0.25, -0.2) is 0 Å². The molecule has 0 bridgehead atoms. The van der Waals surface area contributed by atoms with E-state index < -0.39 is 11.0 Å². The topological polar surface area (TPSA) is 92.6 Å². The van der Waals surface area contributed by atoms with E-state index in [-0.39, 0.29) is 17.5 Å². The van der Waals surface area contributed by atoms with E-state index in [4.69, 9.17) is 0 Å². The average molecular weight is 351 g/mol. The minimum Gasteiger partial charge on any atom is -0.357 e. The summed E-state index contributed by atoms with van der Waals surface area (Å²) in [7, 11) is 1.54. The molecule has 0 aliphatic carbocycles. The van der Waals surface area contributed by atoms with E-state index in [1.54, 1.807) is 25.3 Å². The summed E-state index contributed by atoms with van der Waals surface area (Å²) in [6.07, 6.45) is 3.42. The molecule has 0 saturated carbocycles. The third kappa shape index (κ3) is 3.32. The van der Waals surface area contributed by atoms with E-state index in [0.717, 1.165) is 11.3 Å². The van der Waals surface area contributed by atoms with Crippen LogP contribution >= 0.6 is 0 Å². The van der Waals surface area contributed by atoms with E-state index >= 15 is 0 Å². The zero-order valence-electron chi connectivity index (χ0n) is 14.1. The summed E-state index contributed by atoms with van der Waals surface area (Å²) in [5.41, 5.74) is 2.31. The third-order valence-corrected chi connectivity index (χ3v) is 4.28. The molecule has 1 aliphatic heterocycles. The van der Waals surface area contributed by atoms with Crippen molar-refractivity contribution >= 4 is 29.3 Å². The molecule has 2 aromatic rings. The van der Waals surface area contributed by atoms with E-state index in [9.17, 15) is 19.7 Å². The molecule has 1 heterocycles. The highest BCUT2D eigenvalue weighted by Gasteiger charge is 2.36. The van der Waals surface area contributed by atoms with Crippen LogP contribution in [-0.2, 0) is 16.0 Å². The molecule has 1 aliphatic rings. The molecule has 0 aromatic heterocycles. The first-order valence-electron chi connectivity index (χ1n) is 8.06. The van der Waals surface area contributed by atoms with Crippen LogP contribution in [0.25, 0.3) is 6.08 Å². The van der Waals surface area contributed by atoms with Gasteiger partial charge in [-0.05, 0) is 35.4 Å². The number of carbonyl (C=O) groups is 2. The molecule has 0 saturated heterocycles. The number of nitro benzene ring substituents is 1. The standard InChI is InChI=1S/C19H17N3O4/c1-20-19(24)17-12-14-4-2-3-5-16(14)21(17)18(23)11-8-13-6-9-15(10-7-13)22(25)26/h2-11,17H,12H2,1H3,(H,20,24)/b11-8-. The van der Waals surface area contributed by atoms with E-state index in [0.29, 0.717) is 12.0 Å². The maximum absolute atomic E-state index is 12.7. The van der Waals surface area contributed by atoms with Crippen molar-refractivity contribution in [3.63, 3.8) is 0 Å². The van der Waals surface area contributed by atoms with Crippen molar-refractivity contribution in [2.45, 2.75) is 12.5 Å². The summed E-state index contributed by atoms with van der Waals surface area (Å²) in [5.74, 6) is -0.541. The number of para-hydroxylation sites is 1. The Morgan fingerprint density at radius 3 is 2.54 bits per heavy atom. The Hall–Kier alpha value is -3.48. The van der Waals surface area contributed by atoms with Crippen LogP contribution in [-0.4, -0.2) is 29.8 Å². The fourth-order valence-electron chi connectivity index (χ4n) is 2.99. The number of benzene rings is 2. The number of anilines is 1. The molecular formula is C19H17N3O4. The van der Waals surface area contributed by atoms with Gasteiger partial charge in [-0.3, -0.25) is 24.6 Å². The Balaban J connectivity index is 1.84. The van der Waals surface area contributed by atoms with Crippen molar-refractivity contribution < 1.29 is 14.5 Å². The molecule has 7 nitrogen and oxygen atoms in total. The number of likely N-dealkylation sites (N-methyl/N-ethyl adjacent to an activating group) is 1. The highest BCUT2D eigenvalue weighted by atomic mass is 16.6. The lowest BCUT2D eigenvalue weighted by atomic mass is 10.1. The van der Waals surface area contributed by atoms with E-state index in [1.165, 1.54) is 23.1 Å². The lowest BCUT2D eigenvalue weighted by molar-refractivity contribution is -0.384. The Morgan fingerprint density at radius 1 is 1.19 bits per heavy atom. The lowest BCUT2D eigenvalue weighted by Crippen LogP contribution is -2.46. The fourth-order valence-corrected chi connectivity index (χ4v) is 2.99. The highest BCUT2D eigenvalue weighted by Crippen LogP contribution is 2.32. The van der Waals surface area contributed by atoms with Gasteiger partial charge in [0, 0.05) is 37.4 Å². The van der Waals surface area contributed by atoms with Gasteiger partial charge in [0.1, 0.15) is 6.04 Å². The van der Waals surface area contributed by atoms with Gasteiger partial charge < -0.3 is 5.32 Å². The molecule has 0 radical (unpaired) electrons. The van der Waals surface area contributed by atoms with Crippen molar-refractivity contribution in [3.05, 3.63) is 75.8 Å². The van der Waals surface area contributed by atoms with Gasteiger partial charge in [0.2, 0.25) is 5.91 Å². The average Bonchev–Trinajstić information content (AvgIpc) is 3.05. The molecule has 1 atom stereocenters. The zero-order chi connectivity index (χ0) is 18.7. The second-order valence-electron chi connectivity index (χ2n) is 5.85. The number of nitrogens with one attached hydrogen (secondary N) is 1. The number of nitro groups is 1. The van der Waals surface area contributed by atoms with Crippen molar-refractivity contribution in [3.8, 4) is 0 Å². The molecule has 2 aromatic carbocycles. The van der Waals surface area contributed by atoms with Crippen molar-refractivity contribution in [1.82, 2.24) is 5.32 Å². The number of carbonyl (C=O) groups excluding carboxylic acids is 2. The number of rotatable bonds is 4. The number of non-ortho nitro benzene ring substituents is 1. The molecular weight excluding hydrogens is 334 g/mol. The van der Waals surface area contributed by atoms with Crippen LogP contribution in [0.1, 0.15) is 11.1 Å². The van der Waals surface area contributed by atoms with Gasteiger partial charge in [0.25, 0.3) is 11.6 Å². The molecule has 0 fully saturated rings. The first-order chi connectivity index (χ1) is 12.5. The molecule has 3 rings (SSSR count). The SMILES string of the molecule is CNC(=O)C1Cc2ccccc2N1C(=O)/C=C\c1ccc([N+](=O)[O-])cc1. The van der Waals surface area contributed by atoms with Crippen LogP contribution in [0.3, 0.4) is 0 Å². The molecule has 0 spiro atoms. The van der Waals surface area contributed by atoms with Crippen molar-refractivity contribution in [1.29, 1.82) is 0 Å². The van der Waals surface area contributed by atoms with E-state index in [2.05, 4.69) is 5.32 Å². The van der Waals surface area contributed by atoms with Crippen LogP contribution < -0.4 is 10.2 Å². The second kappa shape index (κ2) is 7.18. The summed E-state index contributed by atoms with van der Waals surface area (Å²) in [5, 5.41) is 13.3. The Kier molecular flexibility index (Phi) is 4.79.